The van der Waals surface area contributed by atoms with Gasteiger partial charge in [-0.05, 0) is 87.4 Å². The van der Waals surface area contributed by atoms with Crippen molar-refractivity contribution in [3.8, 4) is 0 Å². The zero-order chi connectivity index (χ0) is 25.9. The maximum Gasteiger partial charge on any atom is 0.232 e. The first-order chi connectivity index (χ1) is 16.4. The van der Waals surface area contributed by atoms with Crippen LogP contribution in [0.2, 0.25) is 0 Å². The Labute approximate surface area is 213 Å². The molecule has 3 rings (SSSR count). The maximum absolute atomic E-state index is 13.5. The van der Waals surface area contributed by atoms with Crippen LogP contribution in [-0.4, -0.2) is 60.4 Å². The van der Waals surface area contributed by atoms with E-state index in [0.29, 0.717) is 30.5 Å². The first-order valence-electron chi connectivity index (χ1n) is 14.1. The van der Waals surface area contributed by atoms with Crippen molar-refractivity contribution in [1.29, 1.82) is 0 Å². The number of imide groups is 1. The summed E-state index contributed by atoms with van der Waals surface area (Å²) in [5.41, 5.74) is 0.395. The smallest absolute Gasteiger partial charge is 0.232 e. The molecule has 4 unspecified atom stereocenters. The number of nitrogens with zero attached hydrogens (tertiary/aromatic N) is 2. The highest BCUT2D eigenvalue weighted by molar-refractivity contribution is 5.88. The largest absolute Gasteiger partial charge is 0.375 e. The molecule has 0 spiro atoms. The fourth-order valence-electron chi connectivity index (χ4n) is 7.00. The van der Waals surface area contributed by atoms with Gasteiger partial charge in [-0.3, -0.25) is 19.3 Å². The van der Waals surface area contributed by atoms with E-state index >= 15 is 0 Å². The molecule has 35 heavy (non-hydrogen) atoms. The molecule has 3 saturated carbocycles. The van der Waals surface area contributed by atoms with Gasteiger partial charge in [-0.1, -0.05) is 34.6 Å². The minimum absolute atomic E-state index is 0.155. The molecule has 0 saturated heterocycles. The average molecular weight is 491 g/mol. The molecule has 0 aromatic rings. The van der Waals surface area contributed by atoms with E-state index in [2.05, 4.69) is 34.6 Å². The lowest BCUT2D eigenvalue weighted by Crippen LogP contribution is -2.49. The summed E-state index contributed by atoms with van der Waals surface area (Å²) in [6, 6.07) is 0.248. The summed E-state index contributed by atoms with van der Waals surface area (Å²) in [6.45, 7) is 11.3. The van der Waals surface area contributed by atoms with E-state index in [1.54, 1.807) is 0 Å². The molecule has 0 bridgehead atoms. The van der Waals surface area contributed by atoms with Gasteiger partial charge in [0.15, 0.2) is 0 Å². The van der Waals surface area contributed by atoms with E-state index in [9.17, 15) is 14.4 Å². The Bertz CT molecular complexity index is 731. The van der Waals surface area contributed by atoms with Gasteiger partial charge in [-0.15, -0.1) is 0 Å². The highest BCUT2D eigenvalue weighted by atomic mass is 16.5. The summed E-state index contributed by atoms with van der Waals surface area (Å²) < 4.78 is 6.53. The fourth-order valence-corrected chi connectivity index (χ4v) is 7.00. The first kappa shape index (κ1) is 28.1. The molecule has 4 atom stereocenters. The Hall–Kier alpha value is -1.43. The monoisotopic (exact) mass is 490 g/mol. The van der Waals surface area contributed by atoms with Crippen molar-refractivity contribution in [3.63, 3.8) is 0 Å². The number of hydrogen-bond acceptors (Lipinski definition) is 4. The summed E-state index contributed by atoms with van der Waals surface area (Å²) in [7, 11) is 3.46. The molecule has 3 fully saturated rings. The van der Waals surface area contributed by atoms with Crippen molar-refractivity contribution in [1.82, 2.24) is 9.80 Å². The molecule has 3 aliphatic rings. The third kappa shape index (κ3) is 6.87. The van der Waals surface area contributed by atoms with Crippen LogP contribution in [0.15, 0.2) is 0 Å². The summed E-state index contributed by atoms with van der Waals surface area (Å²) >= 11 is 0. The van der Waals surface area contributed by atoms with Gasteiger partial charge in [0.1, 0.15) is 0 Å². The molecule has 3 aliphatic carbocycles. The predicted octanol–water partition coefficient (Wildman–Crippen LogP) is 5.29. The van der Waals surface area contributed by atoms with Gasteiger partial charge >= 0.3 is 0 Å². The summed E-state index contributed by atoms with van der Waals surface area (Å²) in [5.74, 6) is 0.818. The SMILES string of the molecule is CC1CC(C)C(C(=O)N(C)C2CCC(OC3CCC(C(C)(C)C)CC3)CC2)CC1C(=O)N(C)C=O. The molecule has 6 nitrogen and oxygen atoms in total. The van der Waals surface area contributed by atoms with E-state index < -0.39 is 0 Å². The molecule has 0 N–H and O–H groups in total. The second kappa shape index (κ2) is 11.7. The molecule has 0 heterocycles. The number of rotatable bonds is 6. The van der Waals surface area contributed by atoms with Crippen molar-refractivity contribution < 1.29 is 19.1 Å². The number of carbonyl (C=O) groups excluding carboxylic acids is 3. The van der Waals surface area contributed by atoms with Gasteiger partial charge in [0.25, 0.3) is 0 Å². The number of amides is 3. The molecular formula is C29H50N2O4. The second-order valence-corrected chi connectivity index (χ2v) is 13.0. The van der Waals surface area contributed by atoms with Crippen LogP contribution in [0.1, 0.15) is 98.8 Å². The summed E-state index contributed by atoms with van der Waals surface area (Å²) in [5, 5.41) is 0. The van der Waals surface area contributed by atoms with Gasteiger partial charge < -0.3 is 9.64 Å². The van der Waals surface area contributed by atoms with Gasteiger partial charge in [0.05, 0.1) is 12.2 Å². The lowest BCUT2D eigenvalue weighted by Gasteiger charge is -2.42. The van der Waals surface area contributed by atoms with E-state index in [4.69, 9.17) is 4.74 Å². The van der Waals surface area contributed by atoms with Crippen LogP contribution in [0.4, 0.5) is 0 Å². The molecule has 0 aromatic carbocycles. The molecule has 6 heteroatoms. The van der Waals surface area contributed by atoms with Crippen LogP contribution in [0, 0.1) is 35.0 Å². The molecule has 0 aliphatic heterocycles. The quantitative estimate of drug-likeness (QED) is 0.475. The Morgan fingerprint density at radius 1 is 0.771 bits per heavy atom. The van der Waals surface area contributed by atoms with Crippen molar-refractivity contribution >= 4 is 18.2 Å². The zero-order valence-corrected chi connectivity index (χ0v) is 23.3. The van der Waals surface area contributed by atoms with Gasteiger partial charge in [0, 0.05) is 32.0 Å². The van der Waals surface area contributed by atoms with Crippen LogP contribution in [0.5, 0.6) is 0 Å². The van der Waals surface area contributed by atoms with Gasteiger partial charge in [0.2, 0.25) is 18.2 Å². The number of carbonyl (C=O) groups is 3. The number of ether oxygens (including phenoxy) is 1. The molecule has 0 radical (unpaired) electrons. The Kier molecular flexibility index (Phi) is 9.45. The second-order valence-electron chi connectivity index (χ2n) is 13.0. The van der Waals surface area contributed by atoms with Gasteiger partial charge in [-0.25, -0.2) is 0 Å². The van der Waals surface area contributed by atoms with Crippen LogP contribution in [0.25, 0.3) is 0 Å². The summed E-state index contributed by atoms with van der Waals surface area (Å²) in [6.07, 6.45) is 11.6. The van der Waals surface area contributed by atoms with Crippen molar-refractivity contribution in [2.45, 2.75) is 117 Å². The lowest BCUT2D eigenvalue weighted by atomic mass is 9.68. The molecule has 3 amide bonds. The Morgan fingerprint density at radius 2 is 1.26 bits per heavy atom. The third-order valence-corrected chi connectivity index (χ3v) is 9.59. The highest BCUT2D eigenvalue weighted by Crippen LogP contribution is 2.41. The maximum atomic E-state index is 13.5. The topological polar surface area (TPSA) is 66.9 Å². The van der Waals surface area contributed by atoms with E-state index in [0.717, 1.165) is 42.9 Å². The van der Waals surface area contributed by atoms with Crippen LogP contribution >= 0.6 is 0 Å². The minimum Gasteiger partial charge on any atom is -0.375 e. The van der Waals surface area contributed by atoms with Crippen molar-refractivity contribution in [2.24, 2.45) is 35.0 Å². The van der Waals surface area contributed by atoms with Gasteiger partial charge in [-0.2, -0.15) is 0 Å². The van der Waals surface area contributed by atoms with Crippen LogP contribution in [-0.2, 0) is 19.1 Å². The zero-order valence-electron chi connectivity index (χ0n) is 23.3. The standard InChI is InChI=1S/C29H50N2O4/c1-19-16-20(2)26(17-25(19)27(33)30(6)18-32)28(34)31(7)22-10-14-24(15-11-22)35-23-12-8-21(9-13-23)29(3,4)5/h18-26H,8-17H2,1-7H3. The van der Waals surface area contributed by atoms with Crippen molar-refractivity contribution in [2.75, 3.05) is 14.1 Å². The normalized spacial score (nSPS) is 36.3. The molecule has 200 valence electrons. The third-order valence-electron chi connectivity index (χ3n) is 9.59. The summed E-state index contributed by atoms with van der Waals surface area (Å²) in [4.78, 5) is 40.5. The van der Waals surface area contributed by atoms with E-state index in [-0.39, 0.29) is 41.5 Å². The van der Waals surface area contributed by atoms with Crippen molar-refractivity contribution in [3.05, 3.63) is 0 Å². The Morgan fingerprint density at radius 3 is 1.74 bits per heavy atom. The lowest BCUT2D eigenvalue weighted by molar-refractivity contribution is -0.147. The molecule has 0 aromatic heterocycles. The average Bonchev–Trinajstić information content (AvgIpc) is 2.82. The highest BCUT2D eigenvalue weighted by Gasteiger charge is 2.43. The first-order valence-corrected chi connectivity index (χ1v) is 14.1. The minimum atomic E-state index is -0.263. The Balaban J connectivity index is 1.49. The predicted molar refractivity (Wildman–Crippen MR) is 138 cm³/mol. The van der Waals surface area contributed by atoms with E-state index in [1.165, 1.54) is 32.7 Å². The molecular weight excluding hydrogens is 440 g/mol. The van der Waals surface area contributed by atoms with Crippen LogP contribution < -0.4 is 0 Å². The van der Waals surface area contributed by atoms with Crippen LogP contribution in [0.3, 0.4) is 0 Å². The van der Waals surface area contributed by atoms with E-state index in [1.807, 2.05) is 11.9 Å². The fraction of sp³-hybridized carbons (Fsp3) is 0.897. The number of hydrogen-bond donors (Lipinski definition) is 0.